The molecule has 0 saturated carbocycles. The monoisotopic (exact) mass is 428 g/mol. The highest BCUT2D eigenvalue weighted by Gasteiger charge is 2.41. The van der Waals surface area contributed by atoms with E-state index in [1.54, 1.807) is 12.0 Å². The number of ether oxygens (including phenoxy) is 1. The van der Waals surface area contributed by atoms with Crippen LogP contribution in [-0.4, -0.2) is 36.9 Å². The molecule has 1 fully saturated rings. The number of hydrogen-bond donors (Lipinski definition) is 1. The van der Waals surface area contributed by atoms with Gasteiger partial charge >= 0.3 is 0 Å². The standard InChI is InChI=1S/C27H28N2O3/c1-19-10-6-7-13-21(19)27(31)29-17-23(22-14-8-9-15-25(22)32-2)24(18-29)26(30)28-16-20-11-4-3-5-12-20/h3-15,23-24H,16-18H2,1-2H3,(H,28,30)/t23-,24+/m1/s1. The SMILES string of the molecule is COc1ccccc1[C@H]1CN(C(=O)c2ccccc2C)C[C@@H]1C(=O)NCc1ccccc1. The van der Waals surface area contributed by atoms with Gasteiger partial charge in [0.2, 0.25) is 5.91 Å². The number of benzene rings is 3. The minimum atomic E-state index is -0.358. The first-order chi connectivity index (χ1) is 15.6. The Morgan fingerprint density at radius 2 is 1.62 bits per heavy atom. The van der Waals surface area contributed by atoms with E-state index in [9.17, 15) is 9.59 Å². The Morgan fingerprint density at radius 3 is 2.38 bits per heavy atom. The minimum Gasteiger partial charge on any atom is -0.496 e. The van der Waals surface area contributed by atoms with Crippen LogP contribution in [0.4, 0.5) is 0 Å². The quantitative estimate of drug-likeness (QED) is 0.641. The number of likely N-dealkylation sites (tertiary alicyclic amines) is 1. The molecule has 0 unspecified atom stereocenters. The van der Waals surface area contributed by atoms with E-state index in [0.29, 0.717) is 25.2 Å². The molecule has 1 aliphatic heterocycles. The van der Waals surface area contributed by atoms with Gasteiger partial charge in [0, 0.05) is 31.1 Å². The highest BCUT2D eigenvalue weighted by molar-refractivity contribution is 5.96. The van der Waals surface area contributed by atoms with E-state index in [0.717, 1.165) is 22.4 Å². The Bertz CT molecular complexity index is 1100. The van der Waals surface area contributed by atoms with Crippen LogP contribution in [-0.2, 0) is 11.3 Å². The molecule has 0 aromatic heterocycles. The molecule has 32 heavy (non-hydrogen) atoms. The summed E-state index contributed by atoms with van der Waals surface area (Å²) in [5.41, 5.74) is 3.61. The number of amides is 2. The number of aryl methyl sites for hydroxylation is 1. The highest BCUT2D eigenvalue weighted by atomic mass is 16.5. The molecule has 1 aliphatic rings. The largest absolute Gasteiger partial charge is 0.496 e. The Hall–Kier alpha value is -3.60. The molecule has 164 valence electrons. The Kier molecular flexibility index (Phi) is 6.55. The summed E-state index contributed by atoms with van der Waals surface area (Å²) in [7, 11) is 1.63. The van der Waals surface area contributed by atoms with Crippen molar-refractivity contribution in [3.05, 3.63) is 101 Å². The summed E-state index contributed by atoms with van der Waals surface area (Å²) in [6.45, 7) is 3.24. The lowest BCUT2D eigenvalue weighted by atomic mass is 9.87. The molecular formula is C27H28N2O3. The van der Waals surface area contributed by atoms with Gasteiger partial charge in [-0.3, -0.25) is 9.59 Å². The number of para-hydroxylation sites is 1. The molecule has 2 atom stereocenters. The normalized spacial score (nSPS) is 17.8. The predicted octanol–water partition coefficient (Wildman–Crippen LogP) is 4.18. The molecule has 0 bridgehead atoms. The van der Waals surface area contributed by atoms with Gasteiger partial charge in [-0.1, -0.05) is 66.7 Å². The van der Waals surface area contributed by atoms with E-state index < -0.39 is 0 Å². The fraction of sp³-hybridized carbons (Fsp3) is 0.259. The van der Waals surface area contributed by atoms with E-state index >= 15 is 0 Å². The summed E-state index contributed by atoms with van der Waals surface area (Å²) in [4.78, 5) is 28.4. The van der Waals surface area contributed by atoms with Crippen LogP contribution in [0.15, 0.2) is 78.9 Å². The fourth-order valence-electron chi connectivity index (χ4n) is 4.42. The number of methoxy groups -OCH3 is 1. The van der Waals surface area contributed by atoms with Crippen molar-refractivity contribution < 1.29 is 14.3 Å². The number of carbonyl (C=O) groups excluding carboxylic acids is 2. The predicted molar refractivity (Wildman–Crippen MR) is 125 cm³/mol. The maximum absolute atomic E-state index is 13.3. The van der Waals surface area contributed by atoms with Gasteiger partial charge in [-0.05, 0) is 35.7 Å². The van der Waals surface area contributed by atoms with Crippen LogP contribution in [0.25, 0.3) is 0 Å². The van der Waals surface area contributed by atoms with Crippen molar-refractivity contribution >= 4 is 11.8 Å². The van der Waals surface area contributed by atoms with Gasteiger partial charge in [-0.2, -0.15) is 0 Å². The van der Waals surface area contributed by atoms with Crippen molar-refractivity contribution in [2.45, 2.75) is 19.4 Å². The summed E-state index contributed by atoms with van der Waals surface area (Å²) in [5, 5.41) is 3.07. The third-order valence-electron chi connectivity index (χ3n) is 6.17. The van der Waals surface area contributed by atoms with Crippen LogP contribution in [0.1, 0.15) is 33.0 Å². The average Bonchev–Trinajstić information content (AvgIpc) is 3.28. The van der Waals surface area contributed by atoms with Gasteiger partial charge < -0.3 is 15.0 Å². The van der Waals surface area contributed by atoms with Crippen molar-refractivity contribution in [1.29, 1.82) is 0 Å². The number of nitrogens with zero attached hydrogens (tertiary/aromatic N) is 1. The molecule has 0 radical (unpaired) electrons. The summed E-state index contributed by atoms with van der Waals surface area (Å²) >= 11 is 0. The van der Waals surface area contributed by atoms with Crippen LogP contribution in [0, 0.1) is 12.8 Å². The van der Waals surface area contributed by atoms with Crippen molar-refractivity contribution in [2.75, 3.05) is 20.2 Å². The Labute approximate surface area is 189 Å². The molecule has 0 aliphatic carbocycles. The van der Waals surface area contributed by atoms with Crippen LogP contribution in [0.5, 0.6) is 5.75 Å². The molecule has 3 aromatic rings. The zero-order chi connectivity index (χ0) is 22.5. The average molecular weight is 429 g/mol. The van der Waals surface area contributed by atoms with E-state index in [1.807, 2.05) is 85.8 Å². The van der Waals surface area contributed by atoms with Crippen LogP contribution in [0.3, 0.4) is 0 Å². The zero-order valence-corrected chi connectivity index (χ0v) is 18.5. The van der Waals surface area contributed by atoms with Gasteiger partial charge in [0.15, 0.2) is 0 Å². The van der Waals surface area contributed by atoms with E-state index in [2.05, 4.69) is 5.32 Å². The number of hydrogen-bond acceptors (Lipinski definition) is 3. The third kappa shape index (κ3) is 4.52. The topological polar surface area (TPSA) is 58.6 Å². The lowest BCUT2D eigenvalue weighted by Gasteiger charge is -2.20. The van der Waals surface area contributed by atoms with Crippen LogP contribution < -0.4 is 10.1 Å². The van der Waals surface area contributed by atoms with Gasteiger partial charge in [0.05, 0.1) is 13.0 Å². The first-order valence-electron chi connectivity index (χ1n) is 10.9. The van der Waals surface area contributed by atoms with Gasteiger partial charge in [-0.15, -0.1) is 0 Å². The smallest absolute Gasteiger partial charge is 0.254 e. The fourth-order valence-corrected chi connectivity index (χ4v) is 4.42. The highest BCUT2D eigenvalue weighted by Crippen LogP contribution is 2.38. The third-order valence-corrected chi connectivity index (χ3v) is 6.17. The second kappa shape index (κ2) is 9.69. The van der Waals surface area contributed by atoms with E-state index in [4.69, 9.17) is 4.74 Å². The molecule has 0 spiro atoms. The van der Waals surface area contributed by atoms with Gasteiger partial charge in [0.1, 0.15) is 5.75 Å². The first kappa shape index (κ1) is 21.6. The summed E-state index contributed by atoms with van der Waals surface area (Å²) in [6.07, 6.45) is 0. The molecule has 2 amide bonds. The number of rotatable bonds is 6. The second-order valence-corrected chi connectivity index (χ2v) is 8.18. The molecule has 1 heterocycles. The van der Waals surface area contributed by atoms with Gasteiger partial charge in [-0.25, -0.2) is 0 Å². The lowest BCUT2D eigenvalue weighted by Crippen LogP contribution is -2.35. The maximum atomic E-state index is 13.3. The minimum absolute atomic E-state index is 0.0404. The summed E-state index contributed by atoms with van der Waals surface area (Å²) < 4.78 is 5.58. The molecule has 5 heteroatoms. The number of carbonyl (C=O) groups is 2. The van der Waals surface area contributed by atoms with Crippen molar-refractivity contribution in [3.8, 4) is 5.75 Å². The first-order valence-corrected chi connectivity index (χ1v) is 10.9. The van der Waals surface area contributed by atoms with Crippen LogP contribution >= 0.6 is 0 Å². The molecule has 3 aromatic carbocycles. The second-order valence-electron chi connectivity index (χ2n) is 8.18. The summed E-state index contributed by atoms with van der Waals surface area (Å²) in [6, 6.07) is 25.2. The Balaban J connectivity index is 1.60. The maximum Gasteiger partial charge on any atom is 0.254 e. The molecule has 1 N–H and O–H groups in total. The zero-order valence-electron chi connectivity index (χ0n) is 18.5. The molecule has 5 nitrogen and oxygen atoms in total. The van der Waals surface area contributed by atoms with Crippen LogP contribution in [0.2, 0.25) is 0 Å². The molecule has 4 rings (SSSR count). The number of nitrogens with one attached hydrogen (secondary N) is 1. The summed E-state index contributed by atoms with van der Waals surface area (Å²) in [5.74, 6) is 0.146. The van der Waals surface area contributed by atoms with E-state index in [1.165, 1.54) is 0 Å². The van der Waals surface area contributed by atoms with E-state index in [-0.39, 0.29) is 23.7 Å². The molecular weight excluding hydrogens is 400 g/mol. The molecule has 1 saturated heterocycles. The van der Waals surface area contributed by atoms with Crippen molar-refractivity contribution in [1.82, 2.24) is 10.2 Å². The Morgan fingerprint density at radius 1 is 0.938 bits per heavy atom. The van der Waals surface area contributed by atoms with Crippen molar-refractivity contribution in [3.63, 3.8) is 0 Å². The van der Waals surface area contributed by atoms with Crippen molar-refractivity contribution in [2.24, 2.45) is 5.92 Å². The lowest BCUT2D eigenvalue weighted by molar-refractivity contribution is -0.125. The van der Waals surface area contributed by atoms with Gasteiger partial charge in [0.25, 0.3) is 5.91 Å².